The first-order chi connectivity index (χ1) is 9.90. The van der Waals surface area contributed by atoms with Crippen LogP contribution < -0.4 is 0 Å². The van der Waals surface area contributed by atoms with E-state index in [0.29, 0.717) is 27.4 Å². The molecule has 0 saturated heterocycles. The third-order valence-corrected chi connectivity index (χ3v) is 3.61. The van der Waals surface area contributed by atoms with Crippen molar-refractivity contribution < 1.29 is 14.4 Å². The highest BCUT2D eigenvalue weighted by Crippen LogP contribution is 2.22. The zero-order valence-corrected chi connectivity index (χ0v) is 12.8. The molecule has 0 heterocycles. The number of Topliss-reactive ketones (excluding diaryl/α,β-unsaturated/α-hetero) is 1. The fourth-order valence-corrected chi connectivity index (χ4v) is 2.03. The van der Waals surface area contributed by atoms with Gasteiger partial charge in [0.25, 0.3) is 0 Å². The van der Waals surface area contributed by atoms with Gasteiger partial charge in [0.2, 0.25) is 0 Å². The number of hydrogen-bond donors (Lipinski definition) is 0. The number of carbonyl (C=O) groups excluding carboxylic acids is 2. The number of nitrogens with zero attached hydrogens (tertiary/aromatic N) is 1. The summed E-state index contributed by atoms with van der Waals surface area (Å²) >= 11 is 11.6. The number of halogens is 2. The van der Waals surface area contributed by atoms with Gasteiger partial charge in [-0.1, -0.05) is 28.4 Å². The molecule has 0 unspecified atom stereocenters. The number of hydrogen-bond acceptors (Lipinski definition) is 4. The topological polar surface area (TPSA) is 55.7 Å². The minimum absolute atomic E-state index is 0.0411. The van der Waals surface area contributed by atoms with Gasteiger partial charge in [-0.25, -0.2) is 4.79 Å². The lowest BCUT2D eigenvalue weighted by Gasteiger charge is -2.12. The smallest absolute Gasteiger partial charge is 0.312 e. The van der Waals surface area contributed by atoms with E-state index in [1.165, 1.54) is 18.2 Å². The summed E-state index contributed by atoms with van der Waals surface area (Å²) in [7, 11) is 0. The molecule has 2 rings (SSSR count). The van der Waals surface area contributed by atoms with E-state index in [2.05, 4.69) is 5.16 Å². The van der Waals surface area contributed by atoms with Gasteiger partial charge in [-0.15, -0.1) is 0 Å². The summed E-state index contributed by atoms with van der Waals surface area (Å²) in [6.07, 6.45) is 1.38. The fourth-order valence-electron chi connectivity index (χ4n) is 1.66. The molecule has 0 radical (unpaired) electrons. The van der Waals surface area contributed by atoms with Crippen LogP contribution in [0.4, 0.5) is 0 Å². The maximum atomic E-state index is 11.8. The Morgan fingerprint density at radius 2 is 1.71 bits per heavy atom. The second-order valence-electron chi connectivity index (χ2n) is 4.43. The summed E-state index contributed by atoms with van der Waals surface area (Å²) in [4.78, 5) is 28.3. The predicted octanol–water partition coefficient (Wildman–Crippen LogP) is 3.89. The molecule has 1 aromatic rings. The van der Waals surface area contributed by atoms with Crippen LogP contribution in [-0.4, -0.2) is 17.5 Å². The van der Waals surface area contributed by atoms with Gasteiger partial charge < -0.3 is 4.84 Å². The molecule has 0 aliphatic heterocycles. The predicted molar refractivity (Wildman–Crippen MR) is 81.6 cm³/mol. The Hall–Kier alpha value is -1.91. The molecule has 0 N–H and O–H groups in total. The van der Waals surface area contributed by atoms with Crippen molar-refractivity contribution in [3.63, 3.8) is 0 Å². The Labute approximate surface area is 131 Å². The quantitative estimate of drug-likeness (QED) is 0.471. The van der Waals surface area contributed by atoms with Gasteiger partial charge in [-0.3, -0.25) is 4.79 Å². The normalized spacial score (nSPS) is 17.0. The Morgan fingerprint density at radius 1 is 1.10 bits per heavy atom. The van der Waals surface area contributed by atoms with Crippen LogP contribution in [0.1, 0.15) is 24.2 Å². The maximum Gasteiger partial charge on any atom is 0.365 e. The number of carbonyl (C=O) groups is 2. The molecule has 0 fully saturated rings. The highest BCUT2D eigenvalue weighted by atomic mass is 35.5. The molecule has 0 aromatic heterocycles. The van der Waals surface area contributed by atoms with Crippen LogP contribution in [0.2, 0.25) is 5.02 Å². The summed E-state index contributed by atoms with van der Waals surface area (Å²) in [5.41, 5.74) is 1.76. The first-order valence-corrected chi connectivity index (χ1v) is 6.80. The van der Waals surface area contributed by atoms with Crippen LogP contribution in [0.3, 0.4) is 0 Å². The maximum absolute atomic E-state index is 11.8. The summed E-state index contributed by atoms with van der Waals surface area (Å²) in [5, 5.41) is 4.32. The van der Waals surface area contributed by atoms with Crippen molar-refractivity contribution >= 4 is 40.7 Å². The van der Waals surface area contributed by atoms with Gasteiger partial charge in [0, 0.05) is 10.6 Å². The van der Waals surface area contributed by atoms with E-state index in [4.69, 9.17) is 28.0 Å². The van der Waals surface area contributed by atoms with Crippen LogP contribution >= 0.6 is 23.2 Å². The van der Waals surface area contributed by atoms with Gasteiger partial charge in [-0.2, -0.15) is 0 Å². The van der Waals surface area contributed by atoms with E-state index >= 15 is 0 Å². The lowest BCUT2D eigenvalue weighted by molar-refractivity contribution is -0.111. The average molecular weight is 324 g/mol. The molecule has 6 heteroatoms. The SMILES string of the molecule is CC1=C(C)/C(=N/OC(=O)c2ccc(Cl)cc2)C=C(Cl)C1=O. The molecule has 0 atom stereocenters. The monoisotopic (exact) mass is 323 g/mol. The molecule has 4 nitrogen and oxygen atoms in total. The zero-order chi connectivity index (χ0) is 15.6. The molecule has 0 amide bonds. The third-order valence-electron chi connectivity index (χ3n) is 3.07. The highest BCUT2D eigenvalue weighted by molar-refractivity contribution is 6.48. The standard InChI is InChI=1S/C15H11Cl2NO3/c1-8-9(2)14(19)12(17)7-13(8)18-21-15(20)10-3-5-11(16)6-4-10/h3-7H,1-2H3/b18-13+. The molecule has 1 aliphatic rings. The minimum Gasteiger partial charge on any atom is -0.312 e. The van der Waals surface area contributed by atoms with Gasteiger partial charge >= 0.3 is 5.97 Å². The fraction of sp³-hybridized carbons (Fsp3) is 0.133. The molecular formula is C15H11Cl2NO3. The Morgan fingerprint density at radius 3 is 2.33 bits per heavy atom. The highest BCUT2D eigenvalue weighted by Gasteiger charge is 2.21. The van der Waals surface area contributed by atoms with Crippen LogP contribution in [-0.2, 0) is 9.63 Å². The molecule has 0 spiro atoms. The molecular weight excluding hydrogens is 313 g/mol. The first-order valence-electron chi connectivity index (χ1n) is 6.05. The Bertz CT molecular complexity index is 700. The Kier molecular flexibility index (Phi) is 4.60. The molecule has 108 valence electrons. The second-order valence-corrected chi connectivity index (χ2v) is 5.28. The van der Waals surface area contributed by atoms with Crippen molar-refractivity contribution in [1.82, 2.24) is 0 Å². The van der Waals surface area contributed by atoms with Crippen molar-refractivity contribution in [1.29, 1.82) is 0 Å². The van der Waals surface area contributed by atoms with E-state index in [0.717, 1.165) is 0 Å². The number of rotatable bonds is 2. The largest absolute Gasteiger partial charge is 0.365 e. The van der Waals surface area contributed by atoms with Crippen molar-refractivity contribution in [2.75, 3.05) is 0 Å². The van der Waals surface area contributed by atoms with Gasteiger partial charge in [0.05, 0.1) is 10.6 Å². The van der Waals surface area contributed by atoms with Gasteiger partial charge in [0.15, 0.2) is 5.78 Å². The number of oxime groups is 1. The summed E-state index contributed by atoms with van der Waals surface area (Å²) in [6, 6.07) is 6.23. The van der Waals surface area contributed by atoms with Gasteiger partial charge in [0.1, 0.15) is 5.71 Å². The molecule has 21 heavy (non-hydrogen) atoms. The van der Waals surface area contributed by atoms with E-state index in [1.807, 2.05) is 0 Å². The van der Waals surface area contributed by atoms with E-state index in [9.17, 15) is 9.59 Å². The number of ketones is 1. The molecule has 0 bridgehead atoms. The van der Waals surface area contributed by atoms with Gasteiger partial charge in [-0.05, 0) is 49.8 Å². The average Bonchev–Trinajstić information content (AvgIpc) is 2.48. The van der Waals surface area contributed by atoms with Crippen LogP contribution in [0.5, 0.6) is 0 Å². The van der Waals surface area contributed by atoms with Crippen molar-refractivity contribution in [2.24, 2.45) is 5.16 Å². The van der Waals surface area contributed by atoms with Crippen molar-refractivity contribution in [2.45, 2.75) is 13.8 Å². The van der Waals surface area contributed by atoms with Crippen LogP contribution in [0.15, 0.2) is 51.7 Å². The van der Waals surface area contributed by atoms with Crippen molar-refractivity contribution in [3.8, 4) is 0 Å². The van der Waals surface area contributed by atoms with Crippen molar-refractivity contribution in [3.05, 3.63) is 57.1 Å². The second kappa shape index (κ2) is 6.24. The lowest BCUT2D eigenvalue weighted by atomic mass is 9.97. The zero-order valence-electron chi connectivity index (χ0n) is 11.3. The Balaban J connectivity index is 2.19. The van der Waals surface area contributed by atoms with Crippen LogP contribution in [0, 0.1) is 0 Å². The molecule has 1 aromatic carbocycles. The molecule has 1 aliphatic carbocycles. The summed E-state index contributed by atoms with van der Waals surface area (Å²) < 4.78 is 0. The summed E-state index contributed by atoms with van der Waals surface area (Å²) in [5.74, 6) is -0.872. The van der Waals surface area contributed by atoms with Crippen LogP contribution in [0.25, 0.3) is 0 Å². The minimum atomic E-state index is -0.619. The first kappa shape index (κ1) is 15.5. The number of benzene rings is 1. The van der Waals surface area contributed by atoms with E-state index in [-0.39, 0.29) is 10.8 Å². The third kappa shape index (κ3) is 3.40. The molecule has 0 saturated carbocycles. The number of allylic oxidation sites excluding steroid dienone is 4. The summed E-state index contributed by atoms with van der Waals surface area (Å²) in [6.45, 7) is 3.35. The lowest BCUT2D eigenvalue weighted by Crippen LogP contribution is -2.15. The van der Waals surface area contributed by atoms with E-state index < -0.39 is 5.97 Å². The van der Waals surface area contributed by atoms with E-state index in [1.54, 1.807) is 26.0 Å².